The molecule has 0 amide bonds. The summed E-state index contributed by atoms with van der Waals surface area (Å²) in [7, 11) is 3.39. The number of fused-ring (bicyclic) bond motifs is 1. The molecule has 0 saturated carbocycles. The van der Waals surface area contributed by atoms with E-state index in [-0.39, 0.29) is 12.4 Å². The molecule has 0 spiro atoms. The number of nitrogens with one attached hydrogen (secondary N) is 1. The lowest BCUT2D eigenvalue weighted by Gasteiger charge is -2.13. The topological polar surface area (TPSA) is 74.1 Å². The van der Waals surface area contributed by atoms with Crippen LogP contribution in [0.15, 0.2) is 55.0 Å². The number of methoxy groups -OCH3 is 1. The second-order valence-electron chi connectivity index (χ2n) is 6.16. The summed E-state index contributed by atoms with van der Waals surface area (Å²) in [6.45, 7) is 0.246. The maximum atomic E-state index is 14.3. The van der Waals surface area contributed by atoms with Crippen molar-refractivity contribution in [3.05, 3.63) is 66.4 Å². The van der Waals surface area contributed by atoms with Crippen molar-refractivity contribution in [3.8, 4) is 11.5 Å². The van der Waals surface area contributed by atoms with E-state index in [9.17, 15) is 4.39 Å². The molecule has 7 nitrogen and oxygen atoms in total. The third-order valence-electron chi connectivity index (χ3n) is 4.14. The fourth-order valence-corrected chi connectivity index (χ4v) is 2.86. The quantitative estimate of drug-likeness (QED) is 0.542. The predicted octanol–water partition coefficient (Wildman–Crippen LogP) is 4.18. The molecule has 0 aliphatic carbocycles. The van der Waals surface area contributed by atoms with Crippen molar-refractivity contribution in [1.82, 2.24) is 19.7 Å². The van der Waals surface area contributed by atoms with Gasteiger partial charge >= 0.3 is 0 Å². The van der Waals surface area contributed by atoms with Crippen LogP contribution in [0.25, 0.3) is 10.9 Å². The summed E-state index contributed by atoms with van der Waals surface area (Å²) in [6, 6.07) is 11.9. The van der Waals surface area contributed by atoms with Crippen molar-refractivity contribution in [3.63, 3.8) is 0 Å². The van der Waals surface area contributed by atoms with E-state index in [2.05, 4.69) is 20.4 Å². The molecule has 0 unspecified atom stereocenters. The normalized spacial score (nSPS) is 11.0. The predicted molar refractivity (Wildman–Crippen MR) is 103 cm³/mol. The highest BCUT2D eigenvalue weighted by Gasteiger charge is 2.13. The summed E-state index contributed by atoms with van der Waals surface area (Å²) in [6.07, 6.45) is 3.30. The van der Waals surface area contributed by atoms with Gasteiger partial charge in [-0.25, -0.2) is 14.4 Å². The Morgan fingerprint density at radius 2 is 2.04 bits per heavy atom. The molecule has 4 aromatic rings. The van der Waals surface area contributed by atoms with Crippen LogP contribution in [-0.2, 0) is 18.4 Å². The molecule has 2 heterocycles. The minimum Gasteiger partial charge on any atom is -0.454 e. The van der Waals surface area contributed by atoms with Gasteiger partial charge in [0.25, 0.3) is 0 Å². The molecular formula is C20H18FN5O2. The zero-order valence-corrected chi connectivity index (χ0v) is 15.4. The molecule has 0 atom stereocenters. The minimum atomic E-state index is -0.453. The molecule has 28 heavy (non-hydrogen) atoms. The second-order valence-corrected chi connectivity index (χ2v) is 6.16. The SMILES string of the molecule is COCc1cccc(F)c1Oc1ccc2ncnc(Nc3ccn(C)n3)c2c1. The van der Waals surface area contributed by atoms with Crippen LogP contribution in [0, 0.1) is 5.82 Å². The summed E-state index contributed by atoms with van der Waals surface area (Å²) in [5.41, 5.74) is 1.35. The first-order valence-electron chi connectivity index (χ1n) is 8.59. The standard InChI is InChI=1S/C20H18FN5O2/c1-26-9-8-18(25-26)24-20-15-10-14(6-7-17(15)22-12-23-20)28-19-13(11-27-2)4-3-5-16(19)21/h3-10,12H,11H2,1-2H3,(H,22,23,24,25). The molecule has 0 aliphatic heterocycles. The molecule has 142 valence electrons. The van der Waals surface area contributed by atoms with Gasteiger partial charge < -0.3 is 14.8 Å². The number of aryl methyl sites for hydroxylation is 1. The fourth-order valence-electron chi connectivity index (χ4n) is 2.86. The number of benzene rings is 2. The maximum Gasteiger partial charge on any atom is 0.168 e. The molecule has 0 fully saturated rings. The lowest BCUT2D eigenvalue weighted by molar-refractivity contribution is 0.181. The molecule has 2 aromatic carbocycles. The maximum absolute atomic E-state index is 14.3. The molecule has 0 radical (unpaired) electrons. The van der Waals surface area contributed by atoms with Crippen molar-refractivity contribution >= 4 is 22.5 Å². The van der Waals surface area contributed by atoms with Crippen LogP contribution in [0.4, 0.5) is 16.0 Å². The molecule has 0 bridgehead atoms. The molecule has 4 rings (SSSR count). The van der Waals surface area contributed by atoms with Crippen LogP contribution in [0.5, 0.6) is 11.5 Å². The summed E-state index contributed by atoms with van der Waals surface area (Å²) in [5, 5.41) is 8.20. The first kappa shape index (κ1) is 17.9. The van der Waals surface area contributed by atoms with Gasteiger partial charge in [-0.2, -0.15) is 5.10 Å². The number of para-hydroxylation sites is 1. The molecule has 0 aliphatic rings. The zero-order chi connectivity index (χ0) is 19.5. The van der Waals surface area contributed by atoms with Gasteiger partial charge in [0.15, 0.2) is 17.4 Å². The summed E-state index contributed by atoms with van der Waals surface area (Å²) < 4.78 is 27.0. The van der Waals surface area contributed by atoms with Crippen LogP contribution in [-0.4, -0.2) is 26.9 Å². The average molecular weight is 379 g/mol. The number of hydrogen-bond acceptors (Lipinski definition) is 6. The van der Waals surface area contributed by atoms with Gasteiger partial charge in [-0.1, -0.05) is 12.1 Å². The zero-order valence-electron chi connectivity index (χ0n) is 15.4. The molecule has 8 heteroatoms. The Morgan fingerprint density at radius 1 is 1.14 bits per heavy atom. The monoisotopic (exact) mass is 379 g/mol. The van der Waals surface area contributed by atoms with Crippen LogP contribution >= 0.6 is 0 Å². The van der Waals surface area contributed by atoms with Gasteiger partial charge in [-0.3, -0.25) is 4.68 Å². The van der Waals surface area contributed by atoms with E-state index in [4.69, 9.17) is 9.47 Å². The number of nitrogens with zero attached hydrogens (tertiary/aromatic N) is 4. The van der Waals surface area contributed by atoms with E-state index in [0.717, 1.165) is 10.9 Å². The van der Waals surface area contributed by atoms with E-state index in [1.807, 2.05) is 19.3 Å². The Balaban J connectivity index is 1.71. The fraction of sp³-hybridized carbons (Fsp3) is 0.150. The van der Waals surface area contributed by atoms with Crippen molar-refractivity contribution in [2.45, 2.75) is 6.61 Å². The second kappa shape index (κ2) is 7.61. The highest BCUT2D eigenvalue weighted by atomic mass is 19.1. The van der Waals surface area contributed by atoms with Gasteiger partial charge in [0.05, 0.1) is 12.1 Å². The Morgan fingerprint density at radius 3 is 2.82 bits per heavy atom. The molecule has 0 saturated heterocycles. The number of halogens is 1. The minimum absolute atomic E-state index is 0.139. The first-order valence-corrected chi connectivity index (χ1v) is 8.59. The van der Waals surface area contributed by atoms with E-state index in [1.165, 1.54) is 12.4 Å². The summed E-state index contributed by atoms with van der Waals surface area (Å²) >= 11 is 0. The Kier molecular flexibility index (Phi) is 4.86. The van der Waals surface area contributed by atoms with Gasteiger partial charge in [-0.15, -0.1) is 0 Å². The van der Waals surface area contributed by atoms with Gasteiger partial charge in [0.2, 0.25) is 0 Å². The van der Waals surface area contributed by atoms with E-state index in [1.54, 1.807) is 42.1 Å². The van der Waals surface area contributed by atoms with Crippen LogP contribution in [0.1, 0.15) is 5.56 Å². The van der Waals surface area contributed by atoms with Crippen molar-refractivity contribution < 1.29 is 13.9 Å². The first-order chi connectivity index (χ1) is 13.6. The van der Waals surface area contributed by atoms with Gasteiger partial charge in [0, 0.05) is 37.4 Å². The molecular weight excluding hydrogens is 361 g/mol. The lowest BCUT2D eigenvalue weighted by Crippen LogP contribution is -1.99. The number of hydrogen-bond donors (Lipinski definition) is 1. The van der Waals surface area contributed by atoms with E-state index < -0.39 is 5.82 Å². The largest absolute Gasteiger partial charge is 0.454 e. The summed E-state index contributed by atoms with van der Waals surface area (Å²) in [5.74, 6) is 1.39. The number of anilines is 2. The molecule has 1 N–H and O–H groups in total. The number of ether oxygens (including phenoxy) is 2. The third-order valence-corrected chi connectivity index (χ3v) is 4.14. The smallest absolute Gasteiger partial charge is 0.168 e. The molecule has 2 aromatic heterocycles. The lowest BCUT2D eigenvalue weighted by atomic mass is 10.2. The van der Waals surface area contributed by atoms with Gasteiger partial charge in [-0.05, 0) is 24.3 Å². The highest BCUT2D eigenvalue weighted by molar-refractivity contribution is 5.91. The number of aromatic nitrogens is 4. The third kappa shape index (κ3) is 3.63. The van der Waals surface area contributed by atoms with Crippen molar-refractivity contribution in [2.24, 2.45) is 7.05 Å². The Bertz CT molecular complexity index is 1130. The van der Waals surface area contributed by atoms with E-state index >= 15 is 0 Å². The Labute approximate surface area is 160 Å². The van der Waals surface area contributed by atoms with Crippen LogP contribution in [0.3, 0.4) is 0 Å². The summed E-state index contributed by atoms with van der Waals surface area (Å²) in [4.78, 5) is 8.58. The van der Waals surface area contributed by atoms with Crippen molar-refractivity contribution in [2.75, 3.05) is 12.4 Å². The van der Waals surface area contributed by atoms with Crippen LogP contribution < -0.4 is 10.1 Å². The van der Waals surface area contributed by atoms with Crippen LogP contribution in [0.2, 0.25) is 0 Å². The van der Waals surface area contributed by atoms with Gasteiger partial charge in [0.1, 0.15) is 17.9 Å². The Hall–Kier alpha value is -3.52. The average Bonchev–Trinajstić information content (AvgIpc) is 3.10. The highest BCUT2D eigenvalue weighted by Crippen LogP contribution is 2.32. The van der Waals surface area contributed by atoms with E-state index in [0.29, 0.717) is 22.9 Å². The van der Waals surface area contributed by atoms with Crippen molar-refractivity contribution in [1.29, 1.82) is 0 Å². The number of rotatable bonds is 6.